The lowest BCUT2D eigenvalue weighted by Gasteiger charge is -2.02. The number of aromatic nitrogens is 1. The van der Waals surface area contributed by atoms with E-state index in [4.69, 9.17) is 5.84 Å². The van der Waals surface area contributed by atoms with Gasteiger partial charge in [-0.15, -0.1) is 11.3 Å². The fourth-order valence-electron chi connectivity index (χ4n) is 1.35. The number of nitrogens with two attached hydrogens (primary N) is 1. The van der Waals surface area contributed by atoms with Crippen molar-refractivity contribution in [2.24, 2.45) is 5.84 Å². The summed E-state index contributed by atoms with van der Waals surface area (Å²) in [5, 5.41) is 0.702. The van der Waals surface area contributed by atoms with Crippen molar-refractivity contribution in [1.29, 1.82) is 0 Å². The summed E-state index contributed by atoms with van der Waals surface area (Å²) in [5.41, 5.74) is 4.51. The molecular formula is C10H11N3OS. The first-order valence-electron chi connectivity index (χ1n) is 4.53. The molecule has 0 aliphatic carbocycles. The van der Waals surface area contributed by atoms with Gasteiger partial charge in [0.2, 0.25) is 0 Å². The van der Waals surface area contributed by atoms with Crippen LogP contribution in [0.3, 0.4) is 0 Å². The Bertz CT molecular complexity index is 494. The predicted molar refractivity (Wildman–Crippen MR) is 60.5 cm³/mol. The average molecular weight is 221 g/mol. The molecule has 0 saturated heterocycles. The molecule has 1 heterocycles. The summed E-state index contributed by atoms with van der Waals surface area (Å²) in [6.07, 6.45) is 0.755. The normalized spacial score (nSPS) is 12.9. The Morgan fingerprint density at radius 2 is 2.40 bits per heavy atom. The van der Waals surface area contributed by atoms with Crippen molar-refractivity contribution >= 4 is 27.8 Å². The molecule has 0 fully saturated rings. The number of hydrogen-bond donors (Lipinski definition) is 2. The first kappa shape index (κ1) is 10.2. The van der Waals surface area contributed by atoms with Crippen molar-refractivity contribution < 1.29 is 4.79 Å². The first-order valence-corrected chi connectivity index (χ1v) is 5.35. The zero-order chi connectivity index (χ0) is 10.8. The van der Waals surface area contributed by atoms with Gasteiger partial charge in [0, 0.05) is 0 Å². The van der Waals surface area contributed by atoms with Gasteiger partial charge in [-0.25, -0.2) is 10.4 Å². The molecule has 4 nitrogen and oxygen atoms in total. The van der Waals surface area contributed by atoms with Crippen LogP contribution in [-0.4, -0.2) is 11.3 Å². The Balaban J connectivity index is 2.50. The molecule has 1 atom stereocenters. The molecule has 0 radical (unpaired) electrons. The number of carbonyl (C=O) groups is 1. The summed E-state index contributed by atoms with van der Waals surface area (Å²) >= 11 is 1.48. The van der Waals surface area contributed by atoms with Gasteiger partial charge in [0.1, 0.15) is 17.3 Å². The van der Waals surface area contributed by atoms with Gasteiger partial charge in [0.05, 0.1) is 10.2 Å². The third-order valence-corrected chi connectivity index (χ3v) is 3.24. The average Bonchev–Trinajstić information content (AvgIpc) is 2.62. The van der Waals surface area contributed by atoms with Crippen LogP contribution in [0.1, 0.15) is 16.6 Å². The van der Waals surface area contributed by atoms with Crippen molar-refractivity contribution in [3.8, 4) is 0 Å². The van der Waals surface area contributed by atoms with Crippen LogP contribution in [-0.2, 0) is 4.79 Å². The highest BCUT2D eigenvalue weighted by Crippen LogP contribution is 2.26. The van der Waals surface area contributed by atoms with E-state index in [0.29, 0.717) is 5.01 Å². The summed E-state index contributed by atoms with van der Waals surface area (Å²) in [5.74, 6) is 5.25. The number of hydrogen-bond acceptors (Lipinski definition) is 5. The van der Waals surface area contributed by atoms with Crippen molar-refractivity contribution in [3.05, 3.63) is 28.8 Å². The van der Waals surface area contributed by atoms with Gasteiger partial charge in [-0.3, -0.25) is 5.84 Å². The molecule has 0 aliphatic rings. The van der Waals surface area contributed by atoms with Crippen LogP contribution >= 0.6 is 11.3 Å². The Kier molecular flexibility index (Phi) is 2.77. The van der Waals surface area contributed by atoms with Crippen LogP contribution in [0, 0.1) is 6.92 Å². The van der Waals surface area contributed by atoms with Crippen LogP contribution in [0.15, 0.2) is 18.2 Å². The summed E-state index contributed by atoms with van der Waals surface area (Å²) in [6, 6.07) is 5.48. The van der Waals surface area contributed by atoms with E-state index in [1.165, 1.54) is 16.9 Å². The van der Waals surface area contributed by atoms with Gasteiger partial charge in [0.25, 0.3) is 0 Å². The molecule has 0 spiro atoms. The summed E-state index contributed by atoms with van der Waals surface area (Å²) < 4.78 is 1.08. The summed E-state index contributed by atoms with van der Waals surface area (Å²) in [4.78, 5) is 15.0. The topological polar surface area (TPSA) is 68.0 Å². The Morgan fingerprint density at radius 1 is 1.60 bits per heavy atom. The van der Waals surface area contributed by atoms with Gasteiger partial charge >= 0.3 is 0 Å². The molecule has 1 aromatic heterocycles. The van der Waals surface area contributed by atoms with Crippen molar-refractivity contribution in [3.63, 3.8) is 0 Å². The van der Waals surface area contributed by atoms with Gasteiger partial charge < -0.3 is 4.79 Å². The zero-order valence-electron chi connectivity index (χ0n) is 8.23. The number of rotatable bonds is 3. The second-order valence-corrected chi connectivity index (χ2v) is 4.37. The Morgan fingerprint density at radius 3 is 3.07 bits per heavy atom. The van der Waals surface area contributed by atoms with Gasteiger partial charge in [-0.05, 0) is 24.6 Å². The molecule has 5 heteroatoms. The summed E-state index contributed by atoms with van der Waals surface area (Å²) in [7, 11) is 0. The largest absolute Gasteiger partial charge is 0.301 e. The number of aryl methyl sites for hydroxylation is 1. The second kappa shape index (κ2) is 4.06. The third-order valence-electron chi connectivity index (χ3n) is 2.14. The Hall–Kier alpha value is -1.30. The van der Waals surface area contributed by atoms with Crippen molar-refractivity contribution in [2.45, 2.75) is 13.0 Å². The van der Waals surface area contributed by atoms with E-state index < -0.39 is 6.04 Å². The van der Waals surface area contributed by atoms with E-state index in [1.807, 2.05) is 19.1 Å². The molecule has 2 aromatic rings. The minimum Gasteiger partial charge on any atom is -0.301 e. The number of thiazole rings is 1. The number of fused-ring (bicyclic) bond motifs is 1. The molecule has 0 bridgehead atoms. The molecule has 1 unspecified atom stereocenters. The maximum atomic E-state index is 10.7. The van der Waals surface area contributed by atoms with E-state index in [1.54, 1.807) is 0 Å². The number of nitrogens with one attached hydrogen (secondary N) is 1. The second-order valence-electron chi connectivity index (χ2n) is 3.30. The lowest BCUT2D eigenvalue weighted by Crippen LogP contribution is -2.28. The molecule has 15 heavy (non-hydrogen) atoms. The highest BCUT2D eigenvalue weighted by atomic mass is 32.1. The predicted octanol–water partition coefficient (Wildman–Crippen LogP) is 1.31. The number of carbonyl (C=O) groups excluding carboxylic acids is 1. The number of hydrazine groups is 1. The van der Waals surface area contributed by atoms with Gasteiger partial charge in [0.15, 0.2) is 0 Å². The molecule has 78 valence electrons. The fraction of sp³-hybridized carbons (Fsp3) is 0.200. The molecular weight excluding hydrogens is 210 g/mol. The van der Waals surface area contributed by atoms with E-state index in [2.05, 4.69) is 16.5 Å². The van der Waals surface area contributed by atoms with E-state index in [9.17, 15) is 4.79 Å². The molecule has 0 saturated carbocycles. The summed E-state index contributed by atoms with van der Waals surface area (Å²) in [6.45, 7) is 2.03. The first-order chi connectivity index (χ1) is 7.24. The van der Waals surface area contributed by atoms with Crippen molar-refractivity contribution in [2.75, 3.05) is 0 Å². The smallest absolute Gasteiger partial charge is 0.145 e. The Labute approximate surface area is 91.1 Å². The number of aldehydes is 1. The van der Waals surface area contributed by atoms with E-state index >= 15 is 0 Å². The minimum atomic E-state index is -0.511. The molecule has 3 N–H and O–H groups in total. The molecule has 0 aliphatic heterocycles. The molecule has 1 aromatic carbocycles. The third kappa shape index (κ3) is 1.90. The minimum absolute atomic E-state index is 0.511. The number of benzene rings is 1. The standard InChI is InChI=1S/C10H11N3OS/c1-6-2-3-7-9(4-6)15-10(12-7)8(5-14)13-11/h2-5,8,13H,11H2,1H3. The quantitative estimate of drug-likeness (QED) is 0.466. The fourth-order valence-corrected chi connectivity index (χ4v) is 2.43. The molecule has 2 rings (SSSR count). The lowest BCUT2D eigenvalue weighted by molar-refractivity contribution is -0.109. The number of nitrogens with zero attached hydrogens (tertiary/aromatic N) is 1. The van der Waals surface area contributed by atoms with Gasteiger partial charge in [-0.1, -0.05) is 6.07 Å². The zero-order valence-corrected chi connectivity index (χ0v) is 9.04. The lowest BCUT2D eigenvalue weighted by atomic mass is 10.2. The highest BCUT2D eigenvalue weighted by Gasteiger charge is 2.13. The van der Waals surface area contributed by atoms with Crippen LogP contribution in [0.2, 0.25) is 0 Å². The van der Waals surface area contributed by atoms with Crippen LogP contribution in [0.4, 0.5) is 0 Å². The van der Waals surface area contributed by atoms with Crippen LogP contribution < -0.4 is 11.3 Å². The van der Waals surface area contributed by atoms with Crippen LogP contribution in [0.25, 0.3) is 10.2 Å². The van der Waals surface area contributed by atoms with Crippen molar-refractivity contribution in [1.82, 2.24) is 10.4 Å². The molecule has 0 amide bonds. The van der Waals surface area contributed by atoms with E-state index in [-0.39, 0.29) is 0 Å². The maximum absolute atomic E-state index is 10.7. The van der Waals surface area contributed by atoms with E-state index in [0.717, 1.165) is 16.5 Å². The monoisotopic (exact) mass is 221 g/mol. The maximum Gasteiger partial charge on any atom is 0.145 e. The SMILES string of the molecule is Cc1ccc2nc(C(C=O)NN)sc2c1. The highest BCUT2D eigenvalue weighted by molar-refractivity contribution is 7.18. The van der Waals surface area contributed by atoms with Gasteiger partial charge in [-0.2, -0.15) is 0 Å². The van der Waals surface area contributed by atoms with Crippen LogP contribution in [0.5, 0.6) is 0 Å².